The number of hydrogen-bond donors (Lipinski definition) is 3. The van der Waals surface area contributed by atoms with Crippen molar-refractivity contribution in [1.29, 1.82) is 0 Å². The fourth-order valence-electron chi connectivity index (χ4n) is 3.92. The minimum absolute atomic E-state index is 0.0742. The molecule has 0 unspecified atom stereocenters. The number of nitrogens with one attached hydrogen (secondary N) is 2. The van der Waals surface area contributed by atoms with Crippen molar-refractivity contribution in [2.75, 3.05) is 44.2 Å². The predicted molar refractivity (Wildman–Crippen MR) is 116 cm³/mol. The van der Waals surface area contributed by atoms with Crippen LogP contribution in [0.4, 0.5) is 18.9 Å². The second kappa shape index (κ2) is 10.6. The van der Waals surface area contributed by atoms with Crippen LogP contribution in [0.5, 0.6) is 0 Å². The van der Waals surface area contributed by atoms with Crippen LogP contribution in [-0.2, 0) is 6.18 Å². The minimum Gasteiger partial charge on any atom is -0.478 e. The molecule has 2 aromatic carbocycles. The monoisotopic (exact) mass is 435 g/mol. The van der Waals surface area contributed by atoms with Crippen LogP contribution in [0.15, 0.2) is 42.5 Å². The van der Waals surface area contributed by atoms with E-state index in [0.717, 1.165) is 12.1 Å². The van der Waals surface area contributed by atoms with Crippen molar-refractivity contribution in [3.05, 3.63) is 53.6 Å². The van der Waals surface area contributed by atoms with Crippen LogP contribution in [0.1, 0.15) is 35.2 Å². The number of piperidine rings is 1. The highest BCUT2D eigenvalue weighted by atomic mass is 19.4. The van der Waals surface area contributed by atoms with Gasteiger partial charge in [0.05, 0.1) is 16.8 Å². The molecule has 2 fully saturated rings. The van der Waals surface area contributed by atoms with Gasteiger partial charge < -0.3 is 20.6 Å². The van der Waals surface area contributed by atoms with E-state index in [9.17, 15) is 23.1 Å². The molecular formula is C23H28F3N3O2. The Labute approximate surface area is 180 Å². The summed E-state index contributed by atoms with van der Waals surface area (Å²) in [6.45, 7) is 4.57. The number of carboxylic acids is 1. The molecule has 0 radical (unpaired) electrons. The number of benzene rings is 2. The van der Waals surface area contributed by atoms with Crippen molar-refractivity contribution in [3.8, 4) is 11.1 Å². The Hall–Kier alpha value is -2.58. The van der Waals surface area contributed by atoms with Crippen LogP contribution < -0.4 is 15.5 Å². The number of anilines is 1. The lowest BCUT2D eigenvalue weighted by Crippen LogP contribution is -2.44. The van der Waals surface area contributed by atoms with Crippen molar-refractivity contribution in [2.45, 2.75) is 25.4 Å². The first kappa shape index (κ1) is 23.1. The lowest BCUT2D eigenvalue weighted by Gasteiger charge is -2.33. The number of alkyl halides is 3. The summed E-state index contributed by atoms with van der Waals surface area (Å²) in [6.07, 6.45) is -0.363. The summed E-state index contributed by atoms with van der Waals surface area (Å²) < 4.78 is 40.9. The molecule has 2 saturated heterocycles. The number of halogens is 3. The van der Waals surface area contributed by atoms with Gasteiger partial charge in [-0.2, -0.15) is 13.2 Å². The van der Waals surface area contributed by atoms with E-state index >= 15 is 0 Å². The van der Waals surface area contributed by atoms with Crippen LogP contribution in [-0.4, -0.2) is 50.3 Å². The maximum absolute atomic E-state index is 13.6. The Kier molecular flexibility index (Phi) is 7.92. The van der Waals surface area contributed by atoms with Gasteiger partial charge >= 0.3 is 12.1 Å². The molecule has 2 heterocycles. The molecule has 0 saturated carbocycles. The normalized spacial score (nSPS) is 16.9. The third kappa shape index (κ3) is 5.98. The molecule has 5 nitrogen and oxygen atoms in total. The summed E-state index contributed by atoms with van der Waals surface area (Å²) in [4.78, 5) is 13.4. The van der Waals surface area contributed by atoms with Gasteiger partial charge in [0.25, 0.3) is 0 Å². The van der Waals surface area contributed by atoms with E-state index in [1.165, 1.54) is 32.4 Å². The van der Waals surface area contributed by atoms with Crippen LogP contribution in [0.3, 0.4) is 0 Å². The maximum atomic E-state index is 13.6. The number of aromatic carboxylic acids is 1. The number of nitrogens with zero attached hydrogens (tertiary/aromatic N) is 1. The highest BCUT2D eigenvalue weighted by Gasteiger charge is 2.37. The first-order chi connectivity index (χ1) is 14.9. The van der Waals surface area contributed by atoms with Crippen molar-refractivity contribution in [3.63, 3.8) is 0 Å². The smallest absolute Gasteiger partial charge is 0.417 e. The Morgan fingerprint density at radius 3 is 1.97 bits per heavy atom. The van der Waals surface area contributed by atoms with Gasteiger partial charge in [0, 0.05) is 31.7 Å². The summed E-state index contributed by atoms with van der Waals surface area (Å²) in [5.41, 5.74) is -0.526. The zero-order chi connectivity index (χ0) is 22.3. The molecule has 0 aliphatic carbocycles. The number of carbonyl (C=O) groups is 1. The van der Waals surface area contributed by atoms with E-state index in [2.05, 4.69) is 10.6 Å². The predicted octanol–water partition coefficient (Wildman–Crippen LogP) is 4.24. The number of hydrogen-bond acceptors (Lipinski definition) is 4. The average molecular weight is 435 g/mol. The maximum Gasteiger partial charge on any atom is 0.417 e. The van der Waals surface area contributed by atoms with Gasteiger partial charge in [0.2, 0.25) is 0 Å². The second-order valence-electron chi connectivity index (χ2n) is 7.60. The summed E-state index contributed by atoms with van der Waals surface area (Å²) in [5.74, 6) is -1.24. The van der Waals surface area contributed by atoms with E-state index in [4.69, 9.17) is 0 Å². The Morgan fingerprint density at radius 1 is 0.871 bits per heavy atom. The lowest BCUT2D eigenvalue weighted by molar-refractivity contribution is -0.137. The van der Waals surface area contributed by atoms with Gasteiger partial charge in [-0.25, -0.2) is 4.79 Å². The molecule has 2 aliphatic heterocycles. The first-order valence-corrected chi connectivity index (χ1v) is 10.6. The molecule has 8 heteroatoms. The van der Waals surface area contributed by atoms with Gasteiger partial charge in [-0.05, 0) is 43.6 Å². The minimum atomic E-state index is -4.58. The van der Waals surface area contributed by atoms with Gasteiger partial charge in [-0.15, -0.1) is 0 Å². The van der Waals surface area contributed by atoms with Crippen LogP contribution in [0.2, 0.25) is 0 Å². The molecule has 168 valence electrons. The molecular weight excluding hydrogens is 407 g/mol. The molecule has 3 N–H and O–H groups in total. The topological polar surface area (TPSA) is 64.6 Å². The van der Waals surface area contributed by atoms with Gasteiger partial charge in [0.1, 0.15) is 0 Å². The van der Waals surface area contributed by atoms with E-state index in [1.807, 2.05) is 0 Å². The first-order valence-electron chi connectivity index (χ1n) is 10.6. The Balaban J connectivity index is 0.000000391. The van der Waals surface area contributed by atoms with Gasteiger partial charge in [-0.3, -0.25) is 0 Å². The number of piperazine rings is 1. The quantitative estimate of drug-likeness (QED) is 0.673. The molecule has 2 aromatic rings. The average Bonchev–Trinajstić information content (AvgIpc) is 2.80. The van der Waals surface area contributed by atoms with E-state index < -0.39 is 17.7 Å². The van der Waals surface area contributed by atoms with Gasteiger partial charge in [0.15, 0.2) is 0 Å². The second-order valence-corrected chi connectivity index (χ2v) is 7.60. The SMILES string of the molecule is C1CCNCC1.O=C(O)c1ccc(C(F)(F)F)c(-c2ccccc2)c1N1CCNCC1. The van der Waals surface area contributed by atoms with E-state index in [1.54, 1.807) is 35.2 Å². The fraction of sp³-hybridized carbons (Fsp3) is 0.435. The summed E-state index contributed by atoms with van der Waals surface area (Å²) in [6, 6.07) is 10.0. The Bertz CT molecular complexity index is 851. The zero-order valence-corrected chi connectivity index (χ0v) is 17.3. The molecule has 4 rings (SSSR count). The van der Waals surface area contributed by atoms with Gasteiger partial charge in [-0.1, -0.05) is 36.8 Å². The fourth-order valence-corrected chi connectivity index (χ4v) is 3.92. The van der Waals surface area contributed by atoms with E-state index in [-0.39, 0.29) is 16.8 Å². The zero-order valence-electron chi connectivity index (χ0n) is 17.3. The van der Waals surface area contributed by atoms with Crippen LogP contribution >= 0.6 is 0 Å². The molecule has 0 atom stereocenters. The highest BCUT2D eigenvalue weighted by Crippen LogP contribution is 2.44. The van der Waals surface area contributed by atoms with Crippen molar-refractivity contribution < 1.29 is 23.1 Å². The standard InChI is InChI=1S/C18H17F3N2O2.C5H11N/c19-18(20,21)14-7-6-13(17(24)25)16(23-10-8-22-9-11-23)15(14)12-4-2-1-3-5-12;1-2-4-6-5-3-1/h1-7,22H,8-11H2,(H,24,25);6H,1-5H2. The van der Waals surface area contributed by atoms with Crippen molar-refractivity contribution in [1.82, 2.24) is 10.6 Å². The lowest BCUT2D eigenvalue weighted by atomic mass is 9.93. The Morgan fingerprint density at radius 2 is 1.48 bits per heavy atom. The summed E-state index contributed by atoms with van der Waals surface area (Å²) >= 11 is 0. The largest absolute Gasteiger partial charge is 0.478 e. The molecule has 0 aromatic heterocycles. The number of rotatable bonds is 3. The third-order valence-corrected chi connectivity index (χ3v) is 5.42. The molecule has 0 spiro atoms. The third-order valence-electron chi connectivity index (χ3n) is 5.42. The van der Waals surface area contributed by atoms with Crippen molar-refractivity contribution >= 4 is 11.7 Å². The number of carboxylic acid groups (broad SMARTS) is 1. The highest BCUT2D eigenvalue weighted by molar-refractivity contribution is 6.00. The molecule has 31 heavy (non-hydrogen) atoms. The molecule has 2 aliphatic rings. The van der Waals surface area contributed by atoms with E-state index in [0.29, 0.717) is 31.7 Å². The summed E-state index contributed by atoms with van der Waals surface area (Å²) in [7, 11) is 0. The van der Waals surface area contributed by atoms with Crippen molar-refractivity contribution in [2.24, 2.45) is 0 Å². The summed E-state index contributed by atoms with van der Waals surface area (Å²) in [5, 5.41) is 15.9. The molecule has 0 amide bonds. The van der Waals surface area contributed by atoms with Crippen LogP contribution in [0, 0.1) is 0 Å². The molecule has 0 bridgehead atoms. The van der Waals surface area contributed by atoms with Crippen LogP contribution in [0.25, 0.3) is 11.1 Å².